The Bertz CT molecular complexity index is 960. The van der Waals surface area contributed by atoms with Gasteiger partial charge in [0.2, 0.25) is 11.8 Å². The Morgan fingerprint density at radius 1 is 0.697 bits per heavy atom. The fraction of sp³-hybridized carbons (Fsp3) is 0.481. The first-order valence-corrected chi connectivity index (χ1v) is 11.3. The summed E-state index contributed by atoms with van der Waals surface area (Å²) in [5.74, 6) is 0.135. The minimum atomic E-state index is -0.309. The van der Waals surface area contributed by atoms with E-state index in [1.54, 1.807) is 0 Å². The number of hydrogen-bond donors (Lipinski definition) is 4. The molecule has 2 rings (SSSR count). The predicted octanol–water partition coefficient (Wildman–Crippen LogP) is 4.56. The molecule has 0 heterocycles. The van der Waals surface area contributed by atoms with Gasteiger partial charge < -0.3 is 20.8 Å². The smallest absolute Gasteiger partial charge is 0.217 e. The molecule has 180 valence electrons. The van der Waals surface area contributed by atoms with E-state index in [9.17, 15) is 19.8 Å². The molecule has 2 aromatic rings. The van der Waals surface area contributed by atoms with Crippen molar-refractivity contribution in [3.05, 3.63) is 57.6 Å². The molecule has 4 N–H and O–H groups in total. The van der Waals surface area contributed by atoms with E-state index >= 15 is 0 Å². The largest absolute Gasteiger partial charge is 0.507 e. The summed E-state index contributed by atoms with van der Waals surface area (Å²) in [6, 6.07) is 7.58. The summed E-state index contributed by atoms with van der Waals surface area (Å²) >= 11 is 0. The average molecular weight is 455 g/mol. The third-order valence-corrected chi connectivity index (χ3v) is 5.58. The average Bonchev–Trinajstić information content (AvgIpc) is 2.66. The Balaban J connectivity index is 2.61. The fourth-order valence-electron chi connectivity index (χ4n) is 3.80. The molecule has 0 bridgehead atoms. The molecule has 2 amide bonds. The molecular formula is C27H38N2O4. The molecule has 0 spiro atoms. The van der Waals surface area contributed by atoms with Gasteiger partial charge >= 0.3 is 0 Å². The van der Waals surface area contributed by atoms with Crippen LogP contribution >= 0.6 is 0 Å². The van der Waals surface area contributed by atoms with Crippen molar-refractivity contribution < 1.29 is 19.8 Å². The Kier molecular flexibility index (Phi) is 7.83. The molecule has 6 nitrogen and oxygen atoms in total. The minimum absolute atomic E-state index is 0.125. The lowest BCUT2D eigenvalue weighted by Crippen LogP contribution is -2.21. The number of amides is 2. The number of phenolic OH excluding ortho intramolecular Hbond substituents is 2. The van der Waals surface area contributed by atoms with Crippen LogP contribution in [0.25, 0.3) is 0 Å². The number of hydrogen-bond acceptors (Lipinski definition) is 4. The number of nitrogens with one attached hydrogen (secondary N) is 2. The van der Waals surface area contributed by atoms with Gasteiger partial charge in [-0.1, -0.05) is 41.5 Å². The summed E-state index contributed by atoms with van der Waals surface area (Å²) in [7, 11) is 0. The van der Waals surface area contributed by atoms with Crippen molar-refractivity contribution in [1.29, 1.82) is 0 Å². The van der Waals surface area contributed by atoms with Crippen LogP contribution in [0.5, 0.6) is 11.5 Å². The Labute approximate surface area is 197 Å². The van der Waals surface area contributed by atoms with Crippen LogP contribution in [0.4, 0.5) is 0 Å². The van der Waals surface area contributed by atoms with Gasteiger partial charge in [-0.3, -0.25) is 9.59 Å². The molecule has 0 saturated heterocycles. The van der Waals surface area contributed by atoms with Crippen LogP contribution in [0, 0.1) is 0 Å². The van der Waals surface area contributed by atoms with Gasteiger partial charge in [-0.05, 0) is 68.5 Å². The van der Waals surface area contributed by atoms with Crippen LogP contribution in [0.3, 0.4) is 0 Å². The summed E-state index contributed by atoms with van der Waals surface area (Å²) in [4.78, 5) is 22.9. The van der Waals surface area contributed by atoms with Crippen molar-refractivity contribution in [3.8, 4) is 11.5 Å². The van der Waals surface area contributed by atoms with E-state index in [4.69, 9.17) is 0 Å². The SMILES string of the molecule is CC(=O)NCc1cc(Cc2cc(CNC(C)=O)cc(C(C)(C)C)c2O)c(O)c(C(C)(C)C)c1. The van der Waals surface area contributed by atoms with E-state index in [2.05, 4.69) is 10.6 Å². The van der Waals surface area contributed by atoms with Gasteiger partial charge in [-0.2, -0.15) is 0 Å². The second-order valence-corrected chi connectivity index (χ2v) is 10.8. The van der Waals surface area contributed by atoms with Crippen molar-refractivity contribution in [2.75, 3.05) is 0 Å². The van der Waals surface area contributed by atoms with Crippen molar-refractivity contribution >= 4 is 11.8 Å². The van der Waals surface area contributed by atoms with Crippen molar-refractivity contribution in [1.82, 2.24) is 10.6 Å². The Hall–Kier alpha value is -3.02. The Morgan fingerprint density at radius 2 is 1.03 bits per heavy atom. The van der Waals surface area contributed by atoms with E-state index in [0.29, 0.717) is 30.6 Å². The lowest BCUT2D eigenvalue weighted by molar-refractivity contribution is -0.120. The van der Waals surface area contributed by atoms with Crippen molar-refractivity contribution in [2.24, 2.45) is 0 Å². The first kappa shape index (κ1) is 26.2. The highest BCUT2D eigenvalue weighted by atomic mass is 16.3. The van der Waals surface area contributed by atoms with E-state index < -0.39 is 0 Å². The molecule has 0 aliphatic carbocycles. The van der Waals surface area contributed by atoms with Crippen LogP contribution in [0.2, 0.25) is 0 Å². The van der Waals surface area contributed by atoms with E-state index in [-0.39, 0.29) is 34.1 Å². The van der Waals surface area contributed by atoms with Crippen LogP contribution in [0.1, 0.15) is 88.8 Å². The van der Waals surface area contributed by atoms with E-state index in [1.165, 1.54) is 13.8 Å². The highest BCUT2D eigenvalue weighted by Gasteiger charge is 2.25. The lowest BCUT2D eigenvalue weighted by atomic mass is 9.81. The molecule has 0 atom stereocenters. The topological polar surface area (TPSA) is 98.7 Å². The van der Waals surface area contributed by atoms with Gasteiger partial charge in [0.15, 0.2) is 0 Å². The second kappa shape index (κ2) is 9.86. The maximum absolute atomic E-state index is 11.4. The first-order valence-electron chi connectivity index (χ1n) is 11.3. The normalized spacial score (nSPS) is 11.9. The maximum atomic E-state index is 11.4. The monoisotopic (exact) mass is 454 g/mol. The summed E-state index contributed by atoms with van der Waals surface area (Å²) < 4.78 is 0. The third kappa shape index (κ3) is 6.98. The molecule has 0 aliphatic rings. The number of phenols is 2. The zero-order chi connectivity index (χ0) is 25.1. The van der Waals surface area contributed by atoms with Gasteiger partial charge in [0.05, 0.1) is 0 Å². The zero-order valence-corrected chi connectivity index (χ0v) is 21.1. The number of carbonyl (C=O) groups excluding carboxylic acids is 2. The molecule has 0 unspecified atom stereocenters. The molecule has 0 fully saturated rings. The standard InChI is InChI=1S/C27H38N2O4/c1-16(30)28-14-18-9-20(24(32)22(11-18)26(3,4)5)13-21-10-19(15-29-17(2)31)12-23(25(21)33)27(6,7)8/h9-12,32-33H,13-15H2,1-8H3,(H,28,30)(H,29,31). The third-order valence-electron chi connectivity index (χ3n) is 5.58. The fourth-order valence-corrected chi connectivity index (χ4v) is 3.80. The summed E-state index contributed by atoms with van der Waals surface area (Å²) in [5.41, 5.74) is 4.06. The van der Waals surface area contributed by atoms with Crippen LogP contribution in [0.15, 0.2) is 24.3 Å². The second-order valence-electron chi connectivity index (χ2n) is 10.8. The minimum Gasteiger partial charge on any atom is -0.507 e. The summed E-state index contributed by atoms with van der Waals surface area (Å²) in [5, 5.41) is 27.9. The van der Waals surface area contributed by atoms with Gasteiger partial charge in [0.1, 0.15) is 11.5 Å². The maximum Gasteiger partial charge on any atom is 0.217 e. The number of aromatic hydroxyl groups is 2. The van der Waals surface area contributed by atoms with Crippen LogP contribution < -0.4 is 10.6 Å². The van der Waals surface area contributed by atoms with E-state index in [0.717, 1.165) is 22.3 Å². The highest BCUT2D eigenvalue weighted by molar-refractivity contribution is 5.73. The molecular weight excluding hydrogens is 416 g/mol. The Morgan fingerprint density at radius 3 is 1.30 bits per heavy atom. The van der Waals surface area contributed by atoms with Crippen LogP contribution in [-0.4, -0.2) is 22.0 Å². The predicted molar refractivity (Wildman–Crippen MR) is 131 cm³/mol. The van der Waals surface area contributed by atoms with Crippen molar-refractivity contribution in [2.45, 2.75) is 85.7 Å². The molecule has 6 heteroatoms. The van der Waals surface area contributed by atoms with Crippen LogP contribution in [-0.2, 0) is 39.9 Å². The van der Waals surface area contributed by atoms with Gasteiger partial charge in [0.25, 0.3) is 0 Å². The highest BCUT2D eigenvalue weighted by Crippen LogP contribution is 2.39. The molecule has 0 saturated carbocycles. The summed E-state index contributed by atoms with van der Waals surface area (Å²) in [6.07, 6.45) is 0.311. The first-order chi connectivity index (χ1) is 15.1. The number of carbonyl (C=O) groups is 2. The lowest BCUT2D eigenvalue weighted by Gasteiger charge is -2.25. The quantitative estimate of drug-likeness (QED) is 0.514. The number of rotatable bonds is 6. The van der Waals surface area contributed by atoms with Gasteiger partial charge in [0, 0.05) is 33.4 Å². The van der Waals surface area contributed by atoms with Gasteiger partial charge in [-0.25, -0.2) is 0 Å². The molecule has 0 radical (unpaired) electrons. The molecule has 2 aromatic carbocycles. The van der Waals surface area contributed by atoms with Gasteiger partial charge in [-0.15, -0.1) is 0 Å². The van der Waals surface area contributed by atoms with Crippen molar-refractivity contribution in [3.63, 3.8) is 0 Å². The zero-order valence-electron chi connectivity index (χ0n) is 21.1. The summed E-state index contributed by atoms with van der Waals surface area (Å²) in [6.45, 7) is 15.8. The molecule has 33 heavy (non-hydrogen) atoms. The van der Waals surface area contributed by atoms with E-state index in [1.807, 2.05) is 65.8 Å². The molecule has 0 aliphatic heterocycles. The number of benzene rings is 2. The molecule has 0 aromatic heterocycles.